The SMILES string of the molecule is COc1ccc(S(=O)(=O)N2CCN(c3nc(C)cc(Oc4ccc(C)cc4)n3)CC2)cc1. The Morgan fingerprint density at radius 2 is 1.47 bits per heavy atom. The van der Waals surface area contributed by atoms with Crippen LogP contribution in [-0.4, -0.2) is 56.0 Å². The van der Waals surface area contributed by atoms with Crippen LogP contribution in [0.25, 0.3) is 0 Å². The summed E-state index contributed by atoms with van der Waals surface area (Å²) < 4.78 is 38.5. The Hall–Kier alpha value is -3.17. The largest absolute Gasteiger partial charge is 0.497 e. The lowest BCUT2D eigenvalue weighted by Crippen LogP contribution is -2.49. The predicted octanol–water partition coefficient (Wildman–Crippen LogP) is 3.41. The molecule has 3 aromatic rings. The van der Waals surface area contributed by atoms with Crippen LogP contribution < -0.4 is 14.4 Å². The van der Waals surface area contributed by atoms with Crippen LogP contribution in [0.4, 0.5) is 5.95 Å². The molecule has 0 saturated carbocycles. The molecular weight excluding hydrogens is 428 g/mol. The van der Waals surface area contributed by atoms with Crippen molar-refractivity contribution in [2.45, 2.75) is 18.7 Å². The molecule has 0 aliphatic carbocycles. The summed E-state index contributed by atoms with van der Waals surface area (Å²) in [5, 5.41) is 0. The van der Waals surface area contributed by atoms with Gasteiger partial charge in [-0.2, -0.15) is 9.29 Å². The Bertz CT molecular complexity index is 1170. The van der Waals surface area contributed by atoms with Crippen molar-refractivity contribution in [2.75, 3.05) is 38.2 Å². The van der Waals surface area contributed by atoms with E-state index in [0.717, 1.165) is 11.3 Å². The molecule has 1 aliphatic heterocycles. The Morgan fingerprint density at radius 1 is 0.844 bits per heavy atom. The highest BCUT2D eigenvalue weighted by Crippen LogP contribution is 2.25. The molecular formula is C23H26N4O4S. The first kappa shape index (κ1) is 22.0. The fourth-order valence-electron chi connectivity index (χ4n) is 3.47. The van der Waals surface area contributed by atoms with Gasteiger partial charge in [-0.25, -0.2) is 13.4 Å². The number of ether oxygens (including phenoxy) is 2. The van der Waals surface area contributed by atoms with Gasteiger partial charge in [0.2, 0.25) is 21.9 Å². The number of hydrogen-bond acceptors (Lipinski definition) is 7. The molecule has 1 fully saturated rings. The van der Waals surface area contributed by atoms with Crippen LogP contribution >= 0.6 is 0 Å². The third-order valence-corrected chi connectivity index (χ3v) is 7.19. The van der Waals surface area contributed by atoms with E-state index in [0.29, 0.717) is 49.5 Å². The lowest BCUT2D eigenvalue weighted by Gasteiger charge is -2.34. The molecule has 0 bridgehead atoms. The molecule has 0 N–H and O–H groups in total. The van der Waals surface area contributed by atoms with Crippen molar-refractivity contribution in [3.63, 3.8) is 0 Å². The molecule has 0 radical (unpaired) electrons. The molecule has 0 spiro atoms. The monoisotopic (exact) mass is 454 g/mol. The maximum atomic E-state index is 13.0. The summed E-state index contributed by atoms with van der Waals surface area (Å²) in [6.07, 6.45) is 0. The topological polar surface area (TPSA) is 84.9 Å². The van der Waals surface area contributed by atoms with Gasteiger partial charge in [-0.1, -0.05) is 17.7 Å². The van der Waals surface area contributed by atoms with Gasteiger partial charge < -0.3 is 14.4 Å². The van der Waals surface area contributed by atoms with Crippen molar-refractivity contribution in [3.8, 4) is 17.4 Å². The van der Waals surface area contributed by atoms with Crippen LogP contribution in [0.1, 0.15) is 11.3 Å². The lowest BCUT2D eigenvalue weighted by atomic mass is 10.2. The van der Waals surface area contributed by atoms with Gasteiger partial charge in [0.15, 0.2) is 0 Å². The summed E-state index contributed by atoms with van der Waals surface area (Å²) in [7, 11) is -2.02. The van der Waals surface area contributed by atoms with Gasteiger partial charge in [0.25, 0.3) is 0 Å². The van der Waals surface area contributed by atoms with E-state index in [1.807, 2.05) is 43.0 Å². The summed E-state index contributed by atoms with van der Waals surface area (Å²) in [5.74, 6) is 2.32. The fraction of sp³-hybridized carbons (Fsp3) is 0.304. The number of aromatic nitrogens is 2. The highest BCUT2D eigenvalue weighted by Gasteiger charge is 2.29. The highest BCUT2D eigenvalue weighted by molar-refractivity contribution is 7.89. The Labute approximate surface area is 188 Å². The molecule has 9 heteroatoms. The Kier molecular flexibility index (Phi) is 6.29. The molecule has 2 aromatic carbocycles. The minimum atomic E-state index is -3.57. The van der Waals surface area contributed by atoms with E-state index < -0.39 is 10.0 Å². The Balaban J connectivity index is 1.45. The number of methoxy groups -OCH3 is 1. The van der Waals surface area contributed by atoms with Crippen LogP contribution in [0.2, 0.25) is 0 Å². The van der Waals surface area contributed by atoms with Gasteiger partial charge in [0.1, 0.15) is 11.5 Å². The molecule has 1 aromatic heterocycles. The standard InChI is InChI=1S/C23H26N4O4S/c1-17-4-6-20(7-5-17)31-22-16-18(2)24-23(25-22)26-12-14-27(15-13-26)32(28,29)21-10-8-19(30-3)9-11-21/h4-11,16H,12-15H2,1-3H3. The average Bonchev–Trinajstić information content (AvgIpc) is 2.80. The molecule has 0 atom stereocenters. The molecule has 0 unspecified atom stereocenters. The van der Waals surface area contributed by atoms with Crippen molar-refractivity contribution in [3.05, 3.63) is 65.9 Å². The van der Waals surface area contributed by atoms with E-state index >= 15 is 0 Å². The van der Waals surface area contributed by atoms with Crippen LogP contribution in [0.15, 0.2) is 59.5 Å². The van der Waals surface area contributed by atoms with Gasteiger partial charge in [0, 0.05) is 37.9 Å². The first-order chi connectivity index (χ1) is 15.3. The second-order valence-corrected chi connectivity index (χ2v) is 9.57. The van der Waals surface area contributed by atoms with Gasteiger partial charge >= 0.3 is 0 Å². The lowest BCUT2D eigenvalue weighted by molar-refractivity contribution is 0.381. The van der Waals surface area contributed by atoms with E-state index in [1.165, 1.54) is 4.31 Å². The number of anilines is 1. The number of aryl methyl sites for hydroxylation is 2. The first-order valence-electron chi connectivity index (χ1n) is 10.3. The number of benzene rings is 2. The normalized spacial score (nSPS) is 14.9. The van der Waals surface area contributed by atoms with Crippen molar-refractivity contribution < 1.29 is 17.9 Å². The van der Waals surface area contributed by atoms with Crippen molar-refractivity contribution >= 4 is 16.0 Å². The van der Waals surface area contributed by atoms with Gasteiger partial charge in [-0.15, -0.1) is 0 Å². The molecule has 0 amide bonds. The maximum Gasteiger partial charge on any atom is 0.243 e. The quantitative estimate of drug-likeness (QED) is 0.564. The average molecular weight is 455 g/mol. The summed E-state index contributed by atoms with van der Waals surface area (Å²) in [5.41, 5.74) is 1.93. The molecule has 1 saturated heterocycles. The van der Waals surface area contributed by atoms with E-state index in [2.05, 4.69) is 9.97 Å². The molecule has 1 aliphatic rings. The van der Waals surface area contributed by atoms with Crippen LogP contribution in [0, 0.1) is 13.8 Å². The summed E-state index contributed by atoms with van der Waals surface area (Å²) in [6, 6.07) is 16.0. The number of nitrogens with zero attached hydrogens (tertiary/aromatic N) is 4. The van der Waals surface area contributed by atoms with Crippen LogP contribution in [0.3, 0.4) is 0 Å². The Morgan fingerprint density at radius 3 is 2.09 bits per heavy atom. The second-order valence-electron chi connectivity index (χ2n) is 7.63. The van der Waals surface area contributed by atoms with Crippen LogP contribution in [-0.2, 0) is 10.0 Å². The molecule has 32 heavy (non-hydrogen) atoms. The predicted molar refractivity (Wildman–Crippen MR) is 122 cm³/mol. The van der Waals surface area contributed by atoms with E-state index in [9.17, 15) is 8.42 Å². The molecule has 2 heterocycles. The zero-order chi connectivity index (χ0) is 22.7. The van der Waals surface area contributed by atoms with Gasteiger partial charge in [-0.3, -0.25) is 0 Å². The second kappa shape index (κ2) is 9.13. The minimum Gasteiger partial charge on any atom is -0.497 e. The number of hydrogen-bond donors (Lipinski definition) is 0. The van der Waals surface area contributed by atoms with Gasteiger partial charge in [-0.05, 0) is 50.2 Å². The number of rotatable bonds is 6. The van der Waals surface area contributed by atoms with Crippen LogP contribution in [0.5, 0.6) is 17.4 Å². The molecule has 168 valence electrons. The van der Waals surface area contributed by atoms with Crippen molar-refractivity contribution in [2.24, 2.45) is 0 Å². The van der Waals surface area contributed by atoms with Crippen molar-refractivity contribution in [1.29, 1.82) is 0 Å². The summed E-state index contributed by atoms with van der Waals surface area (Å²) in [4.78, 5) is 11.3. The highest BCUT2D eigenvalue weighted by atomic mass is 32.2. The third-order valence-electron chi connectivity index (χ3n) is 5.28. The van der Waals surface area contributed by atoms with E-state index in [4.69, 9.17) is 9.47 Å². The minimum absolute atomic E-state index is 0.257. The zero-order valence-electron chi connectivity index (χ0n) is 18.4. The number of piperazine rings is 1. The number of sulfonamides is 1. The summed E-state index contributed by atoms with van der Waals surface area (Å²) in [6.45, 7) is 5.58. The smallest absolute Gasteiger partial charge is 0.243 e. The van der Waals surface area contributed by atoms with E-state index in [1.54, 1.807) is 37.4 Å². The molecule has 4 rings (SSSR count). The third kappa shape index (κ3) is 4.84. The summed E-state index contributed by atoms with van der Waals surface area (Å²) >= 11 is 0. The zero-order valence-corrected chi connectivity index (χ0v) is 19.2. The fourth-order valence-corrected chi connectivity index (χ4v) is 4.89. The van der Waals surface area contributed by atoms with Crippen molar-refractivity contribution in [1.82, 2.24) is 14.3 Å². The first-order valence-corrected chi connectivity index (χ1v) is 11.8. The maximum absolute atomic E-state index is 13.0. The molecule has 8 nitrogen and oxygen atoms in total. The van der Waals surface area contributed by atoms with E-state index in [-0.39, 0.29) is 4.90 Å². The van der Waals surface area contributed by atoms with Gasteiger partial charge in [0.05, 0.1) is 12.0 Å².